The van der Waals surface area contributed by atoms with Crippen LogP contribution in [0.15, 0.2) is 328 Å². The highest BCUT2D eigenvalue weighted by Crippen LogP contribution is 2.49. The van der Waals surface area contributed by atoms with Gasteiger partial charge in [-0.3, -0.25) is 0 Å². The van der Waals surface area contributed by atoms with E-state index in [0.29, 0.717) is 5.82 Å². The van der Waals surface area contributed by atoms with Crippen LogP contribution in [0.3, 0.4) is 0 Å². The average Bonchev–Trinajstić information content (AvgIpc) is 1.59. The second-order valence-corrected chi connectivity index (χ2v) is 24.6. The van der Waals surface area contributed by atoms with E-state index in [0.717, 1.165) is 73.1 Å². The lowest BCUT2D eigenvalue weighted by Crippen LogP contribution is -2.11. The summed E-state index contributed by atoms with van der Waals surface area (Å²) in [7, 11) is 0. The number of anilines is 3. The molecule has 91 heavy (non-hydrogen) atoms. The number of benzene rings is 15. The summed E-state index contributed by atoms with van der Waals surface area (Å²) < 4.78 is 5.05. The van der Waals surface area contributed by atoms with Gasteiger partial charge in [-0.1, -0.05) is 249 Å². The summed E-state index contributed by atoms with van der Waals surface area (Å²) in [5, 5.41) is 14.7. The molecule has 3 heterocycles. The molecule has 0 N–H and O–H groups in total. The molecular formula is C86H54N4S. The molecule has 0 aliphatic rings. The Morgan fingerprint density at radius 2 is 0.747 bits per heavy atom. The zero-order chi connectivity index (χ0) is 59.9. The maximum absolute atomic E-state index is 5.25. The van der Waals surface area contributed by atoms with E-state index < -0.39 is 0 Å². The second kappa shape index (κ2) is 21.5. The van der Waals surface area contributed by atoms with Crippen molar-refractivity contribution in [2.75, 3.05) is 4.90 Å². The number of aromatic nitrogens is 3. The fraction of sp³-hybridized carbons (Fsp3) is 0. The Kier molecular flexibility index (Phi) is 12.4. The molecule has 0 aliphatic carbocycles. The molecule has 0 aliphatic heterocycles. The minimum atomic E-state index is 0.681. The Balaban J connectivity index is 0.831. The largest absolute Gasteiger partial charge is 0.310 e. The average molecular weight is 1180 g/mol. The predicted octanol–water partition coefficient (Wildman–Crippen LogP) is 24.0. The summed E-state index contributed by atoms with van der Waals surface area (Å²) in [4.78, 5) is 13.0. The van der Waals surface area contributed by atoms with Crippen LogP contribution in [-0.4, -0.2) is 14.5 Å². The first-order chi connectivity index (χ1) is 45.1. The Morgan fingerprint density at radius 1 is 0.275 bits per heavy atom. The Hall–Kier alpha value is -11.8. The fourth-order valence-electron chi connectivity index (χ4n) is 14.1. The van der Waals surface area contributed by atoms with Crippen molar-refractivity contribution in [3.05, 3.63) is 328 Å². The van der Waals surface area contributed by atoms with Crippen LogP contribution >= 0.6 is 11.3 Å². The number of thiophene rings is 1. The zero-order valence-corrected chi connectivity index (χ0v) is 50.2. The lowest BCUT2D eigenvalue weighted by molar-refractivity contribution is 1.17. The van der Waals surface area contributed by atoms with Crippen molar-refractivity contribution < 1.29 is 0 Å². The maximum Gasteiger partial charge on any atom is 0.160 e. The van der Waals surface area contributed by atoms with Gasteiger partial charge in [0.25, 0.3) is 0 Å². The van der Waals surface area contributed by atoms with Crippen molar-refractivity contribution in [3.63, 3.8) is 0 Å². The maximum atomic E-state index is 5.25. The van der Waals surface area contributed by atoms with Crippen molar-refractivity contribution >= 4 is 113 Å². The van der Waals surface area contributed by atoms with Crippen LogP contribution in [0.4, 0.5) is 17.1 Å². The summed E-state index contributed by atoms with van der Waals surface area (Å²) in [6.45, 7) is 0. The lowest BCUT2D eigenvalue weighted by Gasteiger charge is -2.28. The normalized spacial score (nSPS) is 11.7. The minimum absolute atomic E-state index is 0.681. The van der Waals surface area contributed by atoms with Crippen LogP contribution in [0, 0.1) is 0 Å². The summed E-state index contributed by atoms with van der Waals surface area (Å²) in [6.07, 6.45) is 0. The van der Waals surface area contributed by atoms with Gasteiger partial charge in [0.2, 0.25) is 0 Å². The van der Waals surface area contributed by atoms with Gasteiger partial charge in [-0.05, 0) is 145 Å². The van der Waals surface area contributed by atoms with Gasteiger partial charge in [-0.2, -0.15) is 0 Å². The van der Waals surface area contributed by atoms with Crippen LogP contribution in [0.25, 0.3) is 158 Å². The second-order valence-electron chi connectivity index (χ2n) is 23.6. The van der Waals surface area contributed by atoms with Crippen molar-refractivity contribution in [3.8, 4) is 73.0 Å². The first-order valence-corrected chi connectivity index (χ1v) is 31.8. The van der Waals surface area contributed by atoms with E-state index in [1.807, 2.05) is 23.5 Å². The third-order valence-electron chi connectivity index (χ3n) is 18.3. The molecule has 0 saturated heterocycles. The molecule has 15 aromatic carbocycles. The quantitative estimate of drug-likeness (QED) is 0.128. The summed E-state index contributed by atoms with van der Waals surface area (Å²) in [6, 6.07) is 119. The fourth-order valence-corrected chi connectivity index (χ4v) is 15.3. The molecule has 0 atom stereocenters. The van der Waals surface area contributed by atoms with Crippen molar-refractivity contribution in [1.82, 2.24) is 14.5 Å². The Labute approximate surface area is 530 Å². The number of hydrogen-bond acceptors (Lipinski definition) is 4. The molecule has 0 unspecified atom stereocenters. The molecular weight excluding hydrogens is 1120 g/mol. The molecule has 0 amide bonds. The highest BCUT2D eigenvalue weighted by Gasteiger charge is 2.24. The smallest absolute Gasteiger partial charge is 0.160 e. The summed E-state index contributed by atoms with van der Waals surface area (Å²) >= 11 is 1.88. The molecule has 424 valence electrons. The van der Waals surface area contributed by atoms with E-state index >= 15 is 0 Å². The van der Waals surface area contributed by atoms with Gasteiger partial charge >= 0.3 is 0 Å². The Bertz CT molecular complexity index is 5720. The predicted molar refractivity (Wildman–Crippen MR) is 387 cm³/mol. The number of hydrogen-bond donors (Lipinski definition) is 0. The van der Waals surface area contributed by atoms with Gasteiger partial charge in [-0.25, -0.2) is 9.97 Å². The topological polar surface area (TPSA) is 34.0 Å². The van der Waals surface area contributed by atoms with E-state index in [2.05, 4.69) is 325 Å². The first-order valence-electron chi connectivity index (χ1n) is 31.0. The van der Waals surface area contributed by atoms with Crippen LogP contribution in [-0.2, 0) is 0 Å². The van der Waals surface area contributed by atoms with E-state index in [1.165, 1.54) is 96.2 Å². The molecule has 3 aromatic heterocycles. The first kappa shape index (κ1) is 52.4. The summed E-state index contributed by atoms with van der Waals surface area (Å²) in [5.74, 6) is 0.681. The number of rotatable bonds is 10. The van der Waals surface area contributed by atoms with E-state index in [4.69, 9.17) is 9.97 Å². The third-order valence-corrected chi connectivity index (χ3v) is 19.5. The lowest BCUT2D eigenvalue weighted by atomic mass is 9.93. The minimum Gasteiger partial charge on any atom is -0.310 e. The molecule has 0 fully saturated rings. The molecule has 18 aromatic rings. The van der Waals surface area contributed by atoms with Gasteiger partial charge in [-0.15, -0.1) is 11.3 Å². The van der Waals surface area contributed by atoms with Crippen molar-refractivity contribution in [2.24, 2.45) is 0 Å². The van der Waals surface area contributed by atoms with Gasteiger partial charge < -0.3 is 9.47 Å². The SMILES string of the molecule is c1ccc(-c2cc(-c3ccccc3)cc(N(c3cccc(-c4ccc5sc6c(ccc7c8ccc9c%10ccccc%10c%10ccccc%10c9c8n(-c8ccc(-c9nc(-c%10ccccc%10)cc(-c%10ccccc%10)n9)cc8)c76)c5c4)c3)c3cccc4ccccc34)c2)cc1. The molecule has 4 nitrogen and oxygen atoms in total. The molecule has 0 bridgehead atoms. The zero-order valence-electron chi connectivity index (χ0n) is 49.4. The van der Waals surface area contributed by atoms with E-state index in [-0.39, 0.29) is 0 Å². The Morgan fingerprint density at radius 3 is 1.40 bits per heavy atom. The molecule has 0 saturated carbocycles. The van der Waals surface area contributed by atoms with Gasteiger partial charge in [0.1, 0.15) is 0 Å². The van der Waals surface area contributed by atoms with Crippen LogP contribution in [0.1, 0.15) is 0 Å². The van der Waals surface area contributed by atoms with Crippen LogP contribution in [0.2, 0.25) is 0 Å². The highest BCUT2D eigenvalue weighted by molar-refractivity contribution is 7.26. The van der Waals surface area contributed by atoms with Crippen molar-refractivity contribution in [1.29, 1.82) is 0 Å². The van der Waals surface area contributed by atoms with E-state index in [9.17, 15) is 0 Å². The molecule has 0 spiro atoms. The van der Waals surface area contributed by atoms with E-state index in [1.54, 1.807) is 0 Å². The van der Waals surface area contributed by atoms with Crippen LogP contribution < -0.4 is 4.90 Å². The standard InChI is InChI=1S/C86H54N4S/c1-5-21-55(22-6-1)63-49-64(56-23-7-2-8-24-56)52-67(51-63)89(80-38-20-30-57-25-13-14-33-68(57)80)66-32-19-31-61(50-66)62-41-48-81-77(53-62)76-47-46-75-74-45-44-73-71-36-16-15-34-69(71)70-35-17-18-37-72(70)82(73)83(74)90(84(75)85(76)91-81)65-42-39-60(40-43-65)86-87-78(58-26-9-3-10-27-58)54-79(88-86)59-28-11-4-12-29-59/h1-54H. The molecule has 0 radical (unpaired) electrons. The third kappa shape index (κ3) is 8.88. The highest BCUT2D eigenvalue weighted by atomic mass is 32.1. The summed E-state index contributed by atoms with van der Waals surface area (Å²) in [5.41, 5.74) is 18.5. The van der Waals surface area contributed by atoms with Gasteiger partial charge in [0.15, 0.2) is 5.82 Å². The van der Waals surface area contributed by atoms with Crippen molar-refractivity contribution in [2.45, 2.75) is 0 Å². The van der Waals surface area contributed by atoms with Crippen LogP contribution in [0.5, 0.6) is 0 Å². The van der Waals surface area contributed by atoms with Gasteiger partial charge in [0, 0.05) is 70.8 Å². The number of nitrogens with zero attached hydrogens (tertiary/aromatic N) is 4. The monoisotopic (exact) mass is 1170 g/mol. The van der Waals surface area contributed by atoms with Gasteiger partial charge in [0.05, 0.1) is 32.8 Å². The molecule has 18 rings (SSSR count). The molecule has 5 heteroatoms. The number of fused-ring (bicyclic) bond motifs is 15.